The number of thiazole rings is 1. The van der Waals surface area contributed by atoms with Gasteiger partial charge in [0.15, 0.2) is 15.4 Å². The van der Waals surface area contributed by atoms with E-state index in [2.05, 4.69) is 42.2 Å². The zero-order chi connectivity index (χ0) is 10.8. The molecule has 3 nitrogen and oxygen atoms in total. The van der Waals surface area contributed by atoms with Gasteiger partial charge in [0.1, 0.15) is 0 Å². The predicted octanol–water partition coefficient (Wildman–Crippen LogP) is 3.65. The molecule has 80 valence electrons. The van der Waals surface area contributed by atoms with Crippen molar-refractivity contribution in [2.24, 2.45) is 0 Å². The summed E-state index contributed by atoms with van der Waals surface area (Å²) in [6.07, 6.45) is 1.86. The van der Waals surface area contributed by atoms with Gasteiger partial charge in [0.05, 0.1) is 4.47 Å². The first-order valence-electron chi connectivity index (χ1n) is 4.25. The molecule has 2 aromatic heterocycles. The average molecular weight is 352 g/mol. The normalized spacial score (nSPS) is 10.9. The Morgan fingerprint density at radius 3 is 2.93 bits per heavy atom. The molecule has 0 aliphatic rings. The minimum absolute atomic E-state index is 0.697. The molecular formula is C9H8Br2N2OS. The summed E-state index contributed by atoms with van der Waals surface area (Å²) in [5, 5.41) is 3.98. The Morgan fingerprint density at radius 1 is 1.53 bits per heavy atom. The van der Waals surface area contributed by atoms with Gasteiger partial charge in [-0.3, -0.25) is 0 Å². The molecule has 0 aromatic carbocycles. The smallest absolute Gasteiger partial charge is 0.184 e. The molecule has 0 radical (unpaired) electrons. The zero-order valence-corrected chi connectivity index (χ0v) is 11.9. The lowest BCUT2D eigenvalue weighted by atomic mass is 10.5. The first-order valence-corrected chi connectivity index (χ1v) is 6.65. The van der Waals surface area contributed by atoms with Crippen LogP contribution in [0.3, 0.4) is 0 Å². The van der Waals surface area contributed by atoms with Crippen molar-refractivity contribution >= 4 is 43.2 Å². The van der Waals surface area contributed by atoms with E-state index in [-0.39, 0.29) is 0 Å². The van der Waals surface area contributed by atoms with Gasteiger partial charge in [0.2, 0.25) is 0 Å². The van der Waals surface area contributed by atoms with Gasteiger partial charge in [-0.05, 0) is 38.9 Å². The molecule has 6 heteroatoms. The van der Waals surface area contributed by atoms with Gasteiger partial charge in [-0.2, -0.15) is 0 Å². The summed E-state index contributed by atoms with van der Waals surface area (Å²) in [5.74, 6) is 0.779. The molecule has 0 unspecified atom stereocenters. The third-order valence-electron chi connectivity index (χ3n) is 1.76. The van der Waals surface area contributed by atoms with E-state index in [0.717, 1.165) is 21.8 Å². The Balaban J connectivity index is 2.28. The van der Waals surface area contributed by atoms with Crippen LogP contribution in [0.4, 0.5) is 0 Å². The van der Waals surface area contributed by atoms with Crippen LogP contribution >= 0.6 is 43.2 Å². The monoisotopic (exact) mass is 350 g/mol. The van der Waals surface area contributed by atoms with E-state index in [9.17, 15) is 0 Å². The molecule has 0 spiro atoms. The standard InChI is InChI=1S/C9H8Br2N2OS/c1-12-3-5-4-13-9(15-5)7-2-6(10)8(11)14-7/h2,4,12H,3H2,1H3. The number of halogens is 2. The SMILES string of the molecule is CNCc1cnc(-c2cc(Br)c(Br)o2)s1. The Hall–Kier alpha value is -0.170. The molecule has 0 atom stereocenters. The fourth-order valence-electron chi connectivity index (χ4n) is 1.13. The van der Waals surface area contributed by atoms with Crippen molar-refractivity contribution in [3.05, 3.63) is 26.3 Å². The van der Waals surface area contributed by atoms with Crippen LogP contribution in [0, 0.1) is 0 Å². The molecule has 2 heterocycles. The van der Waals surface area contributed by atoms with Crippen molar-refractivity contribution in [2.45, 2.75) is 6.54 Å². The molecule has 0 bridgehead atoms. The molecular weight excluding hydrogens is 344 g/mol. The van der Waals surface area contributed by atoms with Gasteiger partial charge in [-0.25, -0.2) is 4.98 Å². The van der Waals surface area contributed by atoms with Crippen molar-refractivity contribution in [3.63, 3.8) is 0 Å². The van der Waals surface area contributed by atoms with Crippen LogP contribution in [0.15, 0.2) is 25.8 Å². The molecule has 0 aliphatic heterocycles. The quantitative estimate of drug-likeness (QED) is 0.917. The van der Waals surface area contributed by atoms with E-state index in [0.29, 0.717) is 4.67 Å². The summed E-state index contributed by atoms with van der Waals surface area (Å²) in [6.45, 7) is 0.834. The van der Waals surface area contributed by atoms with E-state index in [1.54, 1.807) is 11.3 Å². The third-order valence-corrected chi connectivity index (χ3v) is 4.48. The molecule has 2 aromatic rings. The maximum absolute atomic E-state index is 5.49. The van der Waals surface area contributed by atoms with Gasteiger partial charge >= 0.3 is 0 Å². The largest absolute Gasteiger partial charge is 0.446 e. The van der Waals surface area contributed by atoms with Crippen LogP contribution < -0.4 is 5.32 Å². The van der Waals surface area contributed by atoms with E-state index < -0.39 is 0 Å². The Bertz CT molecular complexity index is 447. The fourth-order valence-corrected chi connectivity index (χ4v) is 2.58. The molecule has 2 rings (SSSR count). The summed E-state index contributed by atoms with van der Waals surface area (Å²) in [6, 6.07) is 1.91. The molecule has 1 N–H and O–H groups in total. The second kappa shape index (κ2) is 4.78. The molecule has 0 aliphatic carbocycles. The minimum Gasteiger partial charge on any atom is -0.446 e. The molecule has 0 saturated carbocycles. The van der Waals surface area contributed by atoms with Crippen LogP contribution in [0.5, 0.6) is 0 Å². The minimum atomic E-state index is 0.697. The lowest BCUT2D eigenvalue weighted by Crippen LogP contribution is -2.02. The van der Waals surface area contributed by atoms with E-state index in [1.165, 1.54) is 4.88 Å². The predicted molar refractivity (Wildman–Crippen MR) is 68.0 cm³/mol. The maximum Gasteiger partial charge on any atom is 0.184 e. The zero-order valence-electron chi connectivity index (χ0n) is 7.88. The summed E-state index contributed by atoms with van der Waals surface area (Å²) >= 11 is 8.30. The highest BCUT2D eigenvalue weighted by Gasteiger charge is 2.11. The topological polar surface area (TPSA) is 38.1 Å². The van der Waals surface area contributed by atoms with Gasteiger partial charge < -0.3 is 9.73 Å². The highest BCUT2D eigenvalue weighted by Crippen LogP contribution is 2.34. The maximum atomic E-state index is 5.49. The summed E-state index contributed by atoms with van der Waals surface area (Å²) in [7, 11) is 1.92. The second-order valence-corrected chi connectivity index (χ2v) is 5.58. The Morgan fingerprint density at radius 2 is 2.33 bits per heavy atom. The highest BCUT2D eigenvalue weighted by molar-refractivity contribution is 9.13. The van der Waals surface area contributed by atoms with Crippen molar-refractivity contribution in [3.8, 4) is 10.8 Å². The molecule has 0 amide bonds. The first kappa shape index (κ1) is 11.3. The van der Waals surface area contributed by atoms with Crippen molar-refractivity contribution in [2.75, 3.05) is 7.05 Å². The third kappa shape index (κ3) is 2.50. The van der Waals surface area contributed by atoms with Crippen LogP contribution in [-0.2, 0) is 6.54 Å². The lowest BCUT2D eigenvalue weighted by molar-refractivity contribution is 0.553. The summed E-state index contributed by atoms with van der Waals surface area (Å²) < 4.78 is 7.09. The molecule has 0 saturated heterocycles. The molecule has 0 fully saturated rings. The summed E-state index contributed by atoms with van der Waals surface area (Å²) in [4.78, 5) is 5.49. The van der Waals surface area contributed by atoms with Crippen LogP contribution in [0.25, 0.3) is 10.8 Å². The average Bonchev–Trinajstić information content (AvgIpc) is 2.76. The van der Waals surface area contributed by atoms with E-state index in [4.69, 9.17) is 4.42 Å². The van der Waals surface area contributed by atoms with Gasteiger partial charge in [0, 0.05) is 23.7 Å². The second-order valence-electron chi connectivity index (χ2n) is 2.89. The number of aromatic nitrogens is 1. The Kier molecular flexibility index (Phi) is 3.60. The van der Waals surface area contributed by atoms with Crippen molar-refractivity contribution in [1.29, 1.82) is 0 Å². The van der Waals surface area contributed by atoms with Crippen LogP contribution in [0.1, 0.15) is 4.88 Å². The van der Waals surface area contributed by atoms with Gasteiger partial charge in [-0.1, -0.05) is 0 Å². The number of hydrogen-bond donors (Lipinski definition) is 1. The van der Waals surface area contributed by atoms with Gasteiger partial charge in [-0.15, -0.1) is 11.3 Å². The fraction of sp³-hybridized carbons (Fsp3) is 0.222. The number of nitrogens with zero attached hydrogens (tertiary/aromatic N) is 1. The number of nitrogens with one attached hydrogen (secondary N) is 1. The lowest BCUT2D eigenvalue weighted by Gasteiger charge is -1.90. The van der Waals surface area contributed by atoms with E-state index >= 15 is 0 Å². The van der Waals surface area contributed by atoms with Crippen molar-refractivity contribution in [1.82, 2.24) is 10.3 Å². The van der Waals surface area contributed by atoms with Gasteiger partial charge in [0.25, 0.3) is 0 Å². The number of hydrogen-bond acceptors (Lipinski definition) is 4. The molecule has 15 heavy (non-hydrogen) atoms. The summed E-state index contributed by atoms with van der Waals surface area (Å²) in [5.41, 5.74) is 0. The van der Waals surface area contributed by atoms with E-state index in [1.807, 2.05) is 19.3 Å². The Labute approximate surface area is 108 Å². The van der Waals surface area contributed by atoms with Crippen LogP contribution in [0.2, 0.25) is 0 Å². The number of furan rings is 1. The van der Waals surface area contributed by atoms with Crippen LogP contribution in [-0.4, -0.2) is 12.0 Å². The van der Waals surface area contributed by atoms with Crippen molar-refractivity contribution < 1.29 is 4.42 Å². The number of rotatable bonds is 3. The highest BCUT2D eigenvalue weighted by atomic mass is 79.9. The first-order chi connectivity index (χ1) is 7.20.